The summed E-state index contributed by atoms with van der Waals surface area (Å²) in [5, 5.41) is 0.849. The van der Waals surface area contributed by atoms with Gasteiger partial charge in [0.25, 0.3) is 0 Å². The molecule has 0 aliphatic carbocycles. The van der Waals surface area contributed by atoms with Crippen LogP contribution in [0.3, 0.4) is 0 Å². The lowest BCUT2D eigenvalue weighted by Gasteiger charge is -2.32. The van der Waals surface area contributed by atoms with E-state index < -0.39 is 36.9 Å². The number of hydrogen-bond acceptors (Lipinski definition) is 6. The monoisotopic (exact) mass is 478 g/mol. The highest BCUT2D eigenvalue weighted by atomic mass is 35.5. The first kappa shape index (κ1) is 24.0. The molecular formula is C22H30B2Cl2N2O4. The Kier molecular flexibility index (Phi) is 5.76. The zero-order chi connectivity index (χ0) is 23.7. The molecule has 6 nitrogen and oxygen atoms in total. The van der Waals surface area contributed by atoms with E-state index in [0.717, 1.165) is 11.1 Å². The minimum Gasteiger partial charge on any atom is -0.384 e. The highest BCUT2D eigenvalue weighted by Gasteiger charge is 2.56. The molecule has 0 aromatic rings. The normalized spacial score (nSPS) is 27.9. The maximum atomic E-state index is 6.62. The Balaban J connectivity index is 1.51. The third-order valence-corrected chi connectivity index (χ3v) is 7.71. The molecule has 0 amide bonds. The third-order valence-electron chi connectivity index (χ3n) is 7.13. The molecule has 0 aromatic carbocycles. The van der Waals surface area contributed by atoms with E-state index in [1.165, 1.54) is 0 Å². The van der Waals surface area contributed by atoms with Gasteiger partial charge in [0.05, 0.1) is 22.4 Å². The maximum Gasteiger partial charge on any atom is 0.600 e. The fourth-order valence-corrected chi connectivity index (χ4v) is 4.15. The Bertz CT molecular complexity index is 899. The van der Waals surface area contributed by atoms with Gasteiger partial charge < -0.3 is 28.2 Å². The van der Waals surface area contributed by atoms with Crippen LogP contribution in [-0.4, -0.2) is 46.5 Å². The summed E-state index contributed by atoms with van der Waals surface area (Å²) in [4.78, 5) is 3.55. The summed E-state index contributed by atoms with van der Waals surface area (Å²) in [6.45, 7) is 16.1. The maximum absolute atomic E-state index is 6.62. The molecule has 0 radical (unpaired) electrons. The number of halogens is 2. The van der Waals surface area contributed by atoms with Gasteiger partial charge in [0.15, 0.2) is 0 Å². The van der Waals surface area contributed by atoms with Crippen LogP contribution in [0.15, 0.2) is 58.2 Å². The SMILES string of the molecule is CC1(C)OB(N2C=CC(=C3C=C(Cl)N(B4OC(C)(C)C(C)(C)O4)C(Cl)=C3)C=C2)OC1(C)C. The zero-order valence-corrected chi connectivity index (χ0v) is 21.4. The predicted molar refractivity (Wildman–Crippen MR) is 129 cm³/mol. The Morgan fingerprint density at radius 3 is 1.41 bits per heavy atom. The van der Waals surface area contributed by atoms with Crippen LogP contribution in [0.1, 0.15) is 55.4 Å². The van der Waals surface area contributed by atoms with Crippen LogP contribution in [0.4, 0.5) is 0 Å². The van der Waals surface area contributed by atoms with Crippen LogP contribution in [0.25, 0.3) is 0 Å². The molecule has 4 aliphatic heterocycles. The van der Waals surface area contributed by atoms with Crippen molar-refractivity contribution in [3.8, 4) is 0 Å². The molecule has 0 bridgehead atoms. The molecule has 4 aliphatic rings. The topological polar surface area (TPSA) is 43.4 Å². The first-order chi connectivity index (χ1) is 14.6. The van der Waals surface area contributed by atoms with Gasteiger partial charge in [0, 0.05) is 0 Å². The highest BCUT2D eigenvalue weighted by Crippen LogP contribution is 2.42. The third kappa shape index (κ3) is 3.99. The smallest absolute Gasteiger partial charge is 0.384 e. The van der Waals surface area contributed by atoms with E-state index in [4.69, 9.17) is 41.8 Å². The number of nitrogens with zero attached hydrogens (tertiary/aromatic N) is 2. The Hall–Kier alpha value is -1.15. The lowest BCUT2D eigenvalue weighted by Crippen LogP contribution is -2.41. The highest BCUT2D eigenvalue weighted by molar-refractivity contribution is 6.50. The summed E-state index contributed by atoms with van der Waals surface area (Å²) in [6.07, 6.45) is 11.5. The van der Waals surface area contributed by atoms with Gasteiger partial charge in [-0.25, -0.2) is 0 Å². The van der Waals surface area contributed by atoms with Crippen molar-refractivity contribution in [2.75, 3.05) is 0 Å². The number of allylic oxidation sites excluding steroid dienone is 6. The second-order valence-electron chi connectivity index (χ2n) is 10.4. The van der Waals surface area contributed by atoms with Crippen molar-refractivity contribution in [2.45, 2.75) is 77.8 Å². The van der Waals surface area contributed by atoms with Crippen molar-refractivity contribution < 1.29 is 18.6 Å². The van der Waals surface area contributed by atoms with E-state index >= 15 is 0 Å². The van der Waals surface area contributed by atoms with E-state index in [0.29, 0.717) is 10.3 Å². The molecule has 0 saturated carbocycles. The minimum atomic E-state index is -0.699. The van der Waals surface area contributed by atoms with Gasteiger partial charge in [-0.15, -0.1) is 0 Å². The Labute approximate surface area is 201 Å². The lowest BCUT2D eigenvalue weighted by atomic mass is 9.90. The summed E-state index contributed by atoms with van der Waals surface area (Å²) in [7, 11) is -1.18. The van der Waals surface area contributed by atoms with Crippen molar-refractivity contribution in [3.05, 3.63) is 58.2 Å². The second-order valence-corrected chi connectivity index (χ2v) is 11.2. The first-order valence-corrected chi connectivity index (χ1v) is 11.5. The van der Waals surface area contributed by atoms with Gasteiger partial charge in [-0.2, -0.15) is 0 Å². The lowest BCUT2D eigenvalue weighted by molar-refractivity contribution is 0.00578. The quantitative estimate of drug-likeness (QED) is 0.397. The fourth-order valence-electron chi connectivity index (χ4n) is 3.53. The molecule has 32 heavy (non-hydrogen) atoms. The average molecular weight is 479 g/mol. The molecule has 0 atom stereocenters. The van der Waals surface area contributed by atoms with Crippen molar-refractivity contribution in [3.63, 3.8) is 0 Å². The van der Waals surface area contributed by atoms with Gasteiger partial charge in [-0.1, -0.05) is 23.2 Å². The Morgan fingerprint density at radius 1 is 0.625 bits per heavy atom. The van der Waals surface area contributed by atoms with E-state index in [-0.39, 0.29) is 0 Å². The molecule has 0 spiro atoms. The largest absolute Gasteiger partial charge is 0.600 e. The molecule has 2 fully saturated rings. The van der Waals surface area contributed by atoms with Crippen LogP contribution < -0.4 is 0 Å². The predicted octanol–water partition coefficient (Wildman–Crippen LogP) is 5.28. The molecule has 2 saturated heterocycles. The van der Waals surface area contributed by atoms with Crippen LogP contribution in [0.5, 0.6) is 0 Å². The van der Waals surface area contributed by atoms with Crippen molar-refractivity contribution >= 4 is 37.7 Å². The molecule has 172 valence electrons. The van der Waals surface area contributed by atoms with Crippen LogP contribution in [0.2, 0.25) is 0 Å². The van der Waals surface area contributed by atoms with E-state index in [9.17, 15) is 0 Å². The van der Waals surface area contributed by atoms with Crippen molar-refractivity contribution in [2.24, 2.45) is 0 Å². The minimum absolute atomic E-state index is 0.398. The van der Waals surface area contributed by atoms with Gasteiger partial charge in [-0.3, -0.25) is 0 Å². The average Bonchev–Trinajstić information content (AvgIpc) is 3.00. The van der Waals surface area contributed by atoms with Crippen LogP contribution in [0, 0.1) is 0 Å². The summed E-state index contributed by atoms with van der Waals surface area (Å²) in [5.74, 6) is 0. The molecular weight excluding hydrogens is 449 g/mol. The number of hydrogen-bond donors (Lipinski definition) is 0. The van der Waals surface area contributed by atoms with Crippen LogP contribution in [-0.2, 0) is 18.6 Å². The summed E-state index contributed by atoms with van der Waals surface area (Å²) in [5.41, 5.74) is 0.0692. The summed E-state index contributed by atoms with van der Waals surface area (Å²) in [6, 6.07) is 0. The van der Waals surface area contributed by atoms with Gasteiger partial charge in [0.2, 0.25) is 0 Å². The fraction of sp³-hybridized carbons (Fsp3) is 0.545. The zero-order valence-electron chi connectivity index (χ0n) is 19.9. The van der Waals surface area contributed by atoms with Gasteiger partial charge >= 0.3 is 14.5 Å². The van der Waals surface area contributed by atoms with E-state index in [1.54, 1.807) is 4.81 Å². The molecule has 0 unspecified atom stereocenters. The molecule has 0 N–H and O–H groups in total. The first-order valence-electron chi connectivity index (χ1n) is 10.8. The molecule has 0 aromatic heterocycles. The molecule has 10 heteroatoms. The Morgan fingerprint density at radius 2 is 1.00 bits per heavy atom. The summed E-state index contributed by atoms with van der Waals surface area (Å²) < 4.78 is 24.4. The summed E-state index contributed by atoms with van der Waals surface area (Å²) >= 11 is 13.2. The number of rotatable bonds is 2. The van der Waals surface area contributed by atoms with E-state index in [2.05, 4.69) is 0 Å². The van der Waals surface area contributed by atoms with Gasteiger partial charge in [-0.05, 0) is 103 Å². The van der Waals surface area contributed by atoms with Gasteiger partial charge in [0.1, 0.15) is 10.3 Å². The van der Waals surface area contributed by atoms with Crippen molar-refractivity contribution in [1.29, 1.82) is 0 Å². The standard InChI is InChI=1S/C22H30B2Cl2N2O4/c1-19(2)20(3,4)30-23(29-19)27-11-9-15(10-12-27)16-13-17(25)28(18(26)14-16)24-31-21(5,6)22(7,8)32-24/h9-14H,1-8H3. The molecule has 4 rings (SSSR count). The molecule has 4 heterocycles. The second kappa shape index (κ2) is 7.69. The van der Waals surface area contributed by atoms with Crippen LogP contribution >= 0.6 is 23.2 Å². The van der Waals surface area contributed by atoms with Crippen molar-refractivity contribution in [1.82, 2.24) is 9.62 Å². The van der Waals surface area contributed by atoms with E-state index in [1.807, 2.05) is 96.9 Å².